The Bertz CT molecular complexity index is 1470. The minimum Gasteiger partial charge on any atom is -0.507 e. The van der Waals surface area contributed by atoms with Crippen LogP contribution in [0, 0.1) is 0 Å². The van der Waals surface area contributed by atoms with Crippen LogP contribution < -0.4 is 9.47 Å². The van der Waals surface area contributed by atoms with Gasteiger partial charge in [0.2, 0.25) is 0 Å². The average molecular weight is 507 g/mol. The molecule has 1 saturated heterocycles. The molecule has 0 saturated carbocycles. The average Bonchev–Trinajstić information content (AvgIpc) is 3.21. The molecule has 4 aromatic rings. The number of likely N-dealkylation sites (tertiary alicyclic amines) is 1. The zero-order valence-electron chi connectivity index (χ0n) is 20.8. The number of Topliss-reactive ketones (excluding diaryl/α,β-unsaturated/α-hetero) is 1. The number of aliphatic hydroxyl groups is 1. The summed E-state index contributed by atoms with van der Waals surface area (Å²) in [6.45, 7) is 0.545. The van der Waals surface area contributed by atoms with Crippen molar-refractivity contribution >= 4 is 17.4 Å². The molecule has 1 aromatic heterocycles. The number of rotatable bonds is 8. The molecule has 3 aromatic carbocycles. The molecule has 7 nitrogen and oxygen atoms in total. The highest BCUT2D eigenvalue weighted by Crippen LogP contribution is 2.43. The first-order valence-corrected chi connectivity index (χ1v) is 12.1. The van der Waals surface area contributed by atoms with E-state index in [-0.39, 0.29) is 17.9 Å². The monoisotopic (exact) mass is 506 g/mol. The van der Waals surface area contributed by atoms with Crippen LogP contribution in [0.2, 0.25) is 0 Å². The number of pyridine rings is 1. The van der Waals surface area contributed by atoms with Crippen LogP contribution in [0.25, 0.3) is 5.76 Å². The van der Waals surface area contributed by atoms with Gasteiger partial charge in [-0.05, 0) is 47.5 Å². The summed E-state index contributed by atoms with van der Waals surface area (Å²) in [4.78, 5) is 32.2. The number of aliphatic hydroxyl groups excluding tert-OH is 1. The van der Waals surface area contributed by atoms with E-state index in [1.807, 2.05) is 42.5 Å². The molecule has 0 aliphatic carbocycles. The van der Waals surface area contributed by atoms with Crippen molar-refractivity contribution in [1.82, 2.24) is 9.88 Å². The highest BCUT2D eigenvalue weighted by molar-refractivity contribution is 6.46. The molecule has 2 heterocycles. The highest BCUT2D eigenvalue weighted by atomic mass is 16.5. The van der Waals surface area contributed by atoms with Gasteiger partial charge < -0.3 is 19.5 Å². The first kappa shape index (κ1) is 24.8. The second kappa shape index (κ2) is 11.0. The number of benzene rings is 3. The molecule has 7 heteroatoms. The standard InChI is InChI=1S/C31H26N2O5/c1-37-26-12-6-5-11-25(26)28-27(30(35)31(36)33(28)19-22-10-7-17-32-18-22)29(34)23-13-15-24(16-14-23)38-20-21-8-3-2-4-9-21/h2-18,28,34H,19-20H2,1H3/t28-/m0/s1. The Labute approximate surface area is 220 Å². The first-order chi connectivity index (χ1) is 18.6. The largest absolute Gasteiger partial charge is 0.507 e. The van der Waals surface area contributed by atoms with Gasteiger partial charge in [0.05, 0.1) is 18.7 Å². The van der Waals surface area contributed by atoms with Gasteiger partial charge >= 0.3 is 0 Å². The van der Waals surface area contributed by atoms with E-state index in [1.54, 1.807) is 60.9 Å². The fourth-order valence-corrected chi connectivity index (χ4v) is 4.55. The lowest BCUT2D eigenvalue weighted by molar-refractivity contribution is -0.140. The zero-order valence-corrected chi connectivity index (χ0v) is 20.8. The molecular weight excluding hydrogens is 480 g/mol. The number of nitrogens with zero attached hydrogens (tertiary/aromatic N) is 2. The van der Waals surface area contributed by atoms with Crippen LogP contribution in [0.5, 0.6) is 11.5 Å². The maximum atomic E-state index is 13.3. The van der Waals surface area contributed by atoms with Gasteiger partial charge in [-0.1, -0.05) is 54.6 Å². The molecule has 1 atom stereocenters. The van der Waals surface area contributed by atoms with Gasteiger partial charge in [-0.25, -0.2) is 0 Å². The summed E-state index contributed by atoms with van der Waals surface area (Å²) in [5.74, 6) is -0.599. The molecule has 1 fully saturated rings. The molecule has 1 N–H and O–H groups in total. The van der Waals surface area contributed by atoms with E-state index in [0.29, 0.717) is 29.2 Å². The van der Waals surface area contributed by atoms with Gasteiger partial charge in [0.1, 0.15) is 23.9 Å². The summed E-state index contributed by atoms with van der Waals surface area (Å²) in [6, 6.07) is 26.5. The quantitative estimate of drug-likeness (QED) is 0.198. The van der Waals surface area contributed by atoms with Crippen LogP contribution in [-0.2, 0) is 22.7 Å². The lowest BCUT2D eigenvalue weighted by atomic mass is 9.94. The molecule has 1 aliphatic rings. The van der Waals surface area contributed by atoms with Crippen LogP contribution in [-0.4, -0.2) is 33.8 Å². The number of hydrogen-bond acceptors (Lipinski definition) is 6. The van der Waals surface area contributed by atoms with Crippen molar-refractivity contribution in [3.8, 4) is 11.5 Å². The number of aromatic nitrogens is 1. The molecule has 0 radical (unpaired) electrons. The van der Waals surface area contributed by atoms with Crippen LogP contribution in [0.3, 0.4) is 0 Å². The number of hydrogen-bond donors (Lipinski definition) is 1. The van der Waals surface area contributed by atoms with Crippen molar-refractivity contribution in [2.75, 3.05) is 7.11 Å². The third-order valence-corrected chi connectivity index (χ3v) is 6.43. The van der Waals surface area contributed by atoms with Gasteiger partial charge in [0.25, 0.3) is 11.7 Å². The number of methoxy groups -OCH3 is 1. The van der Waals surface area contributed by atoms with Gasteiger partial charge in [-0.3, -0.25) is 14.6 Å². The maximum absolute atomic E-state index is 13.3. The second-order valence-electron chi connectivity index (χ2n) is 8.83. The molecular formula is C31H26N2O5. The molecule has 0 unspecified atom stereocenters. The minimum atomic E-state index is -0.847. The second-order valence-corrected chi connectivity index (χ2v) is 8.83. The predicted octanol–water partition coefficient (Wildman–Crippen LogP) is 5.29. The van der Waals surface area contributed by atoms with Crippen LogP contribution in [0.15, 0.2) is 109 Å². The minimum absolute atomic E-state index is 0.00124. The van der Waals surface area contributed by atoms with Crippen molar-refractivity contribution < 1.29 is 24.2 Å². The smallest absolute Gasteiger partial charge is 0.295 e. The van der Waals surface area contributed by atoms with Gasteiger partial charge in [0, 0.05) is 30.1 Å². The van der Waals surface area contributed by atoms with Gasteiger partial charge in [0.15, 0.2) is 0 Å². The van der Waals surface area contributed by atoms with Crippen molar-refractivity contribution in [1.29, 1.82) is 0 Å². The molecule has 1 amide bonds. The van der Waals surface area contributed by atoms with E-state index in [4.69, 9.17) is 9.47 Å². The third-order valence-electron chi connectivity index (χ3n) is 6.43. The lowest BCUT2D eigenvalue weighted by Gasteiger charge is -2.26. The molecule has 0 spiro atoms. The zero-order chi connectivity index (χ0) is 26.5. The summed E-state index contributed by atoms with van der Waals surface area (Å²) in [7, 11) is 1.53. The van der Waals surface area contributed by atoms with E-state index < -0.39 is 17.7 Å². The Morgan fingerprint density at radius 2 is 1.61 bits per heavy atom. The fraction of sp³-hybridized carbons (Fsp3) is 0.129. The third kappa shape index (κ3) is 4.99. The molecule has 1 aliphatic heterocycles. The number of carbonyl (C=O) groups excluding carboxylic acids is 2. The number of ketones is 1. The summed E-state index contributed by atoms with van der Waals surface area (Å²) >= 11 is 0. The highest BCUT2D eigenvalue weighted by Gasteiger charge is 2.47. The van der Waals surface area contributed by atoms with Crippen LogP contribution >= 0.6 is 0 Å². The van der Waals surface area contributed by atoms with E-state index in [9.17, 15) is 14.7 Å². The first-order valence-electron chi connectivity index (χ1n) is 12.1. The van der Waals surface area contributed by atoms with Gasteiger partial charge in [-0.15, -0.1) is 0 Å². The molecule has 190 valence electrons. The Kier molecular flexibility index (Phi) is 7.17. The van der Waals surface area contributed by atoms with E-state index in [0.717, 1.165) is 11.1 Å². The van der Waals surface area contributed by atoms with Crippen molar-refractivity contribution in [3.63, 3.8) is 0 Å². The van der Waals surface area contributed by atoms with E-state index in [2.05, 4.69) is 4.98 Å². The van der Waals surface area contributed by atoms with Crippen molar-refractivity contribution in [2.45, 2.75) is 19.2 Å². The number of ether oxygens (including phenoxy) is 2. The number of para-hydroxylation sites is 1. The topological polar surface area (TPSA) is 89.0 Å². The Balaban J connectivity index is 1.51. The molecule has 0 bridgehead atoms. The fourth-order valence-electron chi connectivity index (χ4n) is 4.55. The molecule has 5 rings (SSSR count). The van der Waals surface area contributed by atoms with Crippen LogP contribution in [0.1, 0.15) is 28.3 Å². The van der Waals surface area contributed by atoms with E-state index in [1.165, 1.54) is 12.0 Å². The summed E-state index contributed by atoms with van der Waals surface area (Å²) < 4.78 is 11.4. The summed E-state index contributed by atoms with van der Waals surface area (Å²) in [6.07, 6.45) is 3.29. The Morgan fingerprint density at radius 3 is 2.32 bits per heavy atom. The van der Waals surface area contributed by atoms with E-state index >= 15 is 0 Å². The predicted molar refractivity (Wildman–Crippen MR) is 142 cm³/mol. The molecule has 38 heavy (non-hydrogen) atoms. The Morgan fingerprint density at radius 1 is 0.895 bits per heavy atom. The summed E-state index contributed by atoms with van der Waals surface area (Å²) in [5.41, 5.74) is 2.79. The number of amides is 1. The summed E-state index contributed by atoms with van der Waals surface area (Å²) in [5, 5.41) is 11.4. The maximum Gasteiger partial charge on any atom is 0.295 e. The normalized spacial score (nSPS) is 16.4. The van der Waals surface area contributed by atoms with Crippen molar-refractivity contribution in [3.05, 3.63) is 131 Å². The Hall–Kier alpha value is -4.91. The SMILES string of the molecule is COc1ccccc1[C@H]1C(=C(O)c2ccc(OCc3ccccc3)cc2)C(=O)C(=O)N1Cc1cccnc1. The van der Waals surface area contributed by atoms with Crippen LogP contribution in [0.4, 0.5) is 0 Å². The number of carbonyl (C=O) groups is 2. The van der Waals surface area contributed by atoms with Crippen molar-refractivity contribution in [2.24, 2.45) is 0 Å². The lowest BCUT2D eigenvalue weighted by Crippen LogP contribution is -2.29. The van der Waals surface area contributed by atoms with Gasteiger partial charge in [-0.2, -0.15) is 0 Å².